The topological polar surface area (TPSA) is 66.4 Å². The summed E-state index contributed by atoms with van der Waals surface area (Å²) in [6, 6.07) is 1.76. The van der Waals surface area contributed by atoms with Crippen LogP contribution in [0.25, 0.3) is 0 Å². The zero-order valence-corrected chi connectivity index (χ0v) is 9.94. The Labute approximate surface area is 103 Å². The van der Waals surface area contributed by atoms with Gasteiger partial charge in [0.15, 0.2) is 0 Å². The van der Waals surface area contributed by atoms with Crippen molar-refractivity contribution in [1.82, 2.24) is 5.32 Å². The fourth-order valence-electron chi connectivity index (χ4n) is 1.83. The fourth-order valence-corrected chi connectivity index (χ4v) is 2.49. The monoisotopic (exact) mass is 251 g/mol. The summed E-state index contributed by atoms with van der Waals surface area (Å²) in [5.41, 5.74) is 0.990. The molecule has 1 aromatic heterocycles. The van der Waals surface area contributed by atoms with Gasteiger partial charge >= 0.3 is 5.97 Å². The van der Waals surface area contributed by atoms with E-state index in [1.54, 1.807) is 23.5 Å². The van der Waals surface area contributed by atoms with E-state index in [1.165, 1.54) is 0 Å². The van der Waals surface area contributed by atoms with Crippen molar-refractivity contribution in [3.8, 4) is 0 Å². The van der Waals surface area contributed by atoms with Gasteiger partial charge in [0.2, 0.25) is 5.91 Å². The summed E-state index contributed by atoms with van der Waals surface area (Å²) in [5, 5.41) is 15.5. The lowest BCUT2D eigenvalue weighted by Crippen LogP contribution is -2.34. The standard InChI is InChI=1S/C12H13NO3S/c14-11(5-8-3-4-17-7-8)13-10-2-1-9(6-10)12(15)16/h1-4,7,9-10H,5-6H2,(H,13,14)(H,15,16). The first kappa shape index (κ1) is 11.9. The Bertz CT molecular complexity index is 439. The van der Waals surface area contributed by atoms with Crippen LogP contribution in [0.4, 0.5) is 0 Å². The van der Waals surface area contributed by atoms with Crippen molar-refractivity contribution in [2.75, 3.05) is 0 Å². The molecule has 0 fully saturated rings. The maximum absolute atomic E-state index is 11.7. The average molecular weight is 251 g/mol. The number of hydrogen-bond donors (Lipinski definition) is 2. The molecule has 2 atom stereocenters. The van der Waals surface area contributed by atoms with Gasteiger partial charge in [-0.2, -0.15) is 11.3 Å². The van der Waals surface area contributed by atoms with Crippen LogP contribution in [0.1, 0.15) is 12.0 Å². The second kappa shape index (κ2) is 5.14. The molecule has 1 aromatic rings. The SMILES string of the molecule is O=C(Cc1ccsc1)NC1C=CC(C(=O)O)C1. The maximum Gasteiger partial charge on any atom is 0.310 e. The molecular weight excluding hydrogens is 238 g/mol. The van der Waals surface area contributed by atoms with Crippen molar-refractivity contribution in [2.24, 2.45) is 5.92 Å². The number of carbonyl (C=O) groups is 2. The van der Waals surface area contributed by atoms with Gasteiger partial charge in [0.1, 0.15) is 0 Å². The number of carboxylic acids is 1. The zero-order chi connectivity index (χ0) is 12.3. The molecule has 5 heteroatoms. The summed E-state index contributed by atoms with van der Waals surface area (Å²) in [4.78, 5) is 22.4. The molecule has 0 radical (unpaired) electrons. The van der Waals surface area contributed by atoms with E-state index in [0.717, 1.165) is 5.56 Å². The molecule has 1 amide bonds. The fraction of sp³-hybridized carbons (Fsp3) is 0.333. The van der Waals surface area contributed by atoms with E-state index in [4.69, 9.17) is 5.11 Å². The number of thiophene rings is 1. The van der Waals surface area contributed by atoms with Crippen LogP contribution >= 0.6 is 11.3 Å². The lowest BCUT2D eigenvalue weighted by atomic mass is 10.1. The van der Waals surface area contributed by atoms with Gasteiger partial charge in [0.25, 0.3) is 0 Å². The highest BCUT2D eigenvalue weighted by molar-refractivity contribution is 7.07. The van der Waals surface area contributed by atoms with Crippen molar-refractivity contribution in [1.29, 1.82) is 0 Å². The summed E-state index contributed by atoms with van der Waals surface area (Å²) in [6.45, 7) is 0. The number of amides is 1. The first-order chi connectivity index (χ1) is 8.15. The molecule has 0 aromatic carbocycles. The number of carbonyl (C=O) groups excluding carboxylic acids is 1. The Morgan fingerprint density at radius 2 is 2.29 bits per heavy atom. The Kier molecular flexibility index (Phi) is 3.58. The first-order valence-corrected chi connectivity index (χ1v) is 6.31. The van der Waals surface area contributed by atoms with Crippen LogP contribution in [0.2, 0.25) is 0 Å². The third kappa shape index (κ3) is 3.17. The first-order valence-electron chi connectivity index (χ1n) is 5.36. The highest BCUT2D eigenvalue weighted by Crippen LogP contribution is 2.18. The van der Waals surface area contributed by atoms with Crippen molar-refractivity contribution in [3.05, 3.63) is 34.5 Å². The Balaban J connectivity index is 1.81. The van der Waals surface area contributed by atoms with E-state index in [2.05, 4.69) is 5.32 Å². The minimum Gasteiger partial charge on any atom is -0.481 e. The van der Waals surface area contributed by atoms with Crippen LogP contribution in [-0.2, 0) is 16.0 Å². The Hall–Kier alpha value is -1.62. The molecular formula is C12H13NO3S. The van der Waals surface area contributed by atoms with Crippen molar-refractivity contribution in [2.45, 2.75) is 18.9 Å². The van der Waals surface area contributed by atoms with Crippen molar-refractivity contribution < 1.29 is 14.7 Å². The molecule has 1 heterocycles. The summed E-state index contributed by atoms with van der Waals surface area (Å²) < 4.78 is 0. The molecule has 1 aliphatic rings. The predicted octanol–water partition coefficient (Wildman–Crippen LogP) is 1.44. The van der Waals surface area contributed by atoms with Crippen LogP contribution in [0.3, 0.4) is 0 Å². The Morgan fingerprint density at radius 3 is 2.88 bits per heavy atom. The molecule has 0 spiro atoms. The molecule has 17 heavy (non-hydrogen) atoms. The molecule has 0 saturated heterocycles. The van der Waals surface area contributed by atoms with Gasteiger partial charge < -0.3 is 10.4 Å². The molecule has 2 N–H and O–H groups in total. The third-order valence-corrected chi connectivity index (χ3v) is 3.42. The quantitative estimate of drug-likeness (QED) is 0.796. The van der Waals surface area contributed by atoms with Crippen molar-refractivity contribution >= 4 is 23.2 Å². The van der Waals surface area contributed by atoms with Gasteiger partial charge in [-0.05, 0) is 28.8 Å². The number of hydrogen-bond acceptors (Lipinski definition) is 3. The summed E-state index contributed by atoms with van der Waals surface area (Å²) >= 11 is 1.56. The predicted molar refractivity (Wildman–Crippen MR) is 64.8 cm³/mol. The average Bonchev–Trinajstić information content (AvgIpc) is 2.88. The van der Waals surface area contributed by atoms with Gasteiger partial charge in [-0.1, -0.05) is 12.2 Å². The third-order valence-electron chi connectivity index (χ3n) is 2.69. The van der Waals surface area contributed by atoms with Crippen LogP contribution < -0.4 is 5.32 Å². The van der Waals surface area contributed by atoms with E-state index in [9.17, 15) is 9.59 Å². The lowest BCUT2D eigenvalue weighted by molar-refractivity contribution is -0.140. The smallest absolute Gasteiger partial charge is 0.310 e. The number of nitrogens with one attached hydrogen (secondary N) is 1. The van der Waals surface area contributed by atoms with Gasteiger partial charge in [0, 0.05) is 6.04 Å². The molecule has 1 aliphatic carbocycles. The van der Waals surface area contributed by atoms with Gasteiger partial charge in [0.05, 0.1) is 12.3 Å². The van der Waals surface area contributed by atoms with E-state index in [0.29, 0.717) is 12.8 Å². The van der Waals surface area contributed by atoms with Crippen molar-refractivity contribution in [3.63, 3.8) is 0 Å². The summed E-state index contributed by atoms with van der Waals surface area (Å²) in [5.74, 6) is -1.37. The van der Waals surface area contributed by atoms with Gasteiger partial charge in [-0.3, -0.25) is 9.59 Å². The lowest BCUT2D eigenvalue weighted by Gasteiger charge is -2.11. The molecule has 90 valence electrons. The number of rotatable bonds is 4. The van der Waals surface area contributed by atoms with Gasteiger partial charge in [-0.15, -0.1) is 0 Å². The minimum atomic E-state index is -0.837. The maximum atomic E-state index is 11.7. The van der Waals surface area contributed by atoms with E-state index >= 15 is 0 Å². The van der Waals surface area contributed by atoms with Gasteiger partial charge in [-0.25, -0.2) is 0 Å². The molecule has 2 unspecified atom stereocenters. The van der Waals surface area contributed by atoms with E-state index in [-0.39, 0.29) is 11.9 Å². The zero-order valence-electron chi connectivity index (χ0n) is 9.13. The number of aliphatic carboxylic acids is 1. The summed E-state index contributed by atoms with van der Waals surface area (Å²) in [7, 11) is 0. The second-order valence-corrected chi connectivity index (χ2v) is 4.83. The normalized spacial score (nSPS) is 22.6. The van der Waals surface area contributed by atoms with Crippen LogP contribution in [-0.4, -0.2) is 23.0 Å². The largest absolute Gasteiger partial charge is 0.481 e. The highest BCUT2D eigenvalue weighted by atomic mass is 32.1. The van der Waals surface area contributed by atoms with E-state index in [1.807, 2.05) is 16.8 Å². The molecule has 4 nitrogen and oxygen atoms in total. The molecule has 0 aliphatic heterocycles. The minimum absolute atomic E-state index is 0.0657. The van der Waals surface area contributed by atoms with Crippen LogP contribution in [0.5, 0.6) is 0 Å². The summed E-state index contributed by atoms with van der Waals surface area (Å²) in [6.07, 6.45) is 4.19. The molecule has 2 rings (SSSR count). The molecule has 0 saturated carbocycles. The van der Waals surface area contributed by atoms with Crippen LogP contribution in [0.15, 0.2) is 29.0 Å². The molecule has 0 bridgehead atoms. The Morgan fingerprint density at radius 1 is 1.47 bits per heavy atom. The van der Waals surface area contributed by atoms with Crippen LogP contribution in [0, 0.1) is 5.92 Å². The second-order valence-electron chi connectivity index (χ2n) is 4.05. The number of carboxylic acid groups (broad SMARTS) is 1. The van der Waals surface area contributed by atoms with E-state index < -0.39 is 11.9 Å². The highest BCUT2D eigenvalue weighted by Gasteiger charge is 2.25.